The number of nitrogens with one attached hydrogen (secondary N) is 2. The molecule has 9 nitrogen and oxygen atoms in total. The van der Waals surface area contributed by atoms with Crippen LogP contribution < -0.4 is 10.6 Å². The molecular formula is C28H25N5O4. The van der Waals surface area contributed by atoms with Crippen LogP contribution in [0.1, 0.15) is 45.5 Å². The van der Waals surface area contributed by atoms with Gasteiger partial charge in [-0.3, -0.25) is 14.3 Å². The van der Waals surface area contributed by atoms with Gasteiger partial charge in [0.2, 0.25) is 5.91 Å². The monoisotopic (exact) mass is 495 g/mol. The van der Waals surface area contributed by atoms with E-state index in [1.54, 1.807) is 42.3 Å². The number of fused-ring (bicyclic) bond motifs is 2. The number of carboxylic acids is 1. The number of hydrogen-bond acceptors (Lipinski definition) is 5. The fraction of sp³-hybridized carbons (Fsp3) is 0.250. The van der Waals surface area contributed by atoms with Crippen LogP contribution in [0.15, 0.2) is 60.9 Å². The summed E-state index contributed by atoms with van der Waals surface area (Å²) in [5.41, 5.74) is 4.66. The first-order valence-corrected chi connectivity index (χ1v) is 12.0. The number of carboxylic acid groups (broad SMARTS) is 1. The predicted molar refractivity (Wildman–Crippen MR) is 136 cm³/mol. The van der Waals surface area contributed by atoms with Gasteiger partial charge in [-0.05, 0) is 66.6 Å². The quantitative estimate of drug-likeness (QED) is 0.429. The minimum absolute atomic E-state index is 0.142. The first-order chi connectivity index (χ1) is 17.8. The maximum atomic E-state index is 13.3. The molecule has 0 saturated heterocycles. The van der Waals surface area contributed by atoms with Crippen LogP contribution in [0.25, 0.3) is 0 Å². The van der Waals surface area contributed by atoms with E-state index in [-0.39, 0.29) is 23.1 Å². The van der Waals surface area contributed by atoms with Crippen LogP contribution in [0, 0.1) is 17.2 Å². The van der Waals surface area contributed by atoms with Crippen molar-refractivity contribution in [3.05, 3.63) is 88.8 Å². The summed E-state index contributed by atoms with van der Waals surface area (Å²) in [5.74, 6) is -1.67. The van der Waals surface area contributed by atoms with Gasteiger partial charge in [0.1, 0.15) is 0 Å². The highest BCUT2D eigenvalue weighted by atomic mass is 16.4. The molecule has 1 heterocycles. The Morgan fingerprint density at radius 3 is 2.81 bits per heavy atom. The van der Waals surface area contributed by atoms with Crippen molar-refractivity contribution >= 4 is 29.2 Å². The van der Waals surface area contributed by atoms with Crippen LogP contribution in [0.3, 0.4) is 0 Å². The lowest BCUT2D eigenvalue weighted by Gasteiger charge is -2.15. The molecule has 1 saturated carbocycles. The van der Waals surface area contributed by atoms with Crippen molar-refractivity contribution in [3.8, 4) is 6.07 Å². The van der Waals surface area contributed by atoms with Gasteiger partial charge in [0, 0.05) is 41.9 Å². The molecule has 0 unspecified atom stereocenters. The number of anilines is 2. The Kier molecular flexibility index (Phi) is 6.09. The van der Waals surface area contributed by atoms with Crippen LogP contribution in [-0.2, 0) is 34.9 Å². The Morgan fingerprint density at radius 2 is 2.08 bits per heavy atom. The van der Waals surface area contributed by atoms with E-state index in [4.69, 9.17) is 5.11 Å². The molecule has 0 radical (unpaired) electrons. The lowest BCUT2D eigenvalue weighted by Crippen LogP contribution is -2.21. The zero-order chi connectivity index (χ0) is 26.2. The molecule has 186 valence electrons. The summed E-state index contributed by atoms with van der Waals surface area (Å²) in [6, 6.07) is 12.7. The number of allylic oxidation sites excluding steroid dienone is 1. The van der Waals surface area contributed by atoms with E-state index in [2.05, 4.69) is 21.8 Å². The Balaban J connectivity index is 1.34. The SMILES string of the molecule is Cn1cc(NC(=O)c2ccc3c(c2)[C@]2(CC3)C[C@H]2C(=O)Nc2cc(C#N)ccc2CC=CC(=O)O)cn1. The van der Waals surface area contributed by atoms with Crippen LogP contribution in [0.4, 0.5) is 11.4 Å². The number of aromatic nitrogens is 2. The van der Waals surface area contributed by atoms with Gasteiger partial charge in [-0.1, -0.05) is 18.2 Å². The van der Waals surface area contributed by atoms with Gasteiger partial charge < -0.3 is 15.7 Å². The average molecular weight is 496 g/mol. The largest absolute Gasteiger partial charge is 0.478 e. The number of aliphatic carboxylic acids is 1. The van der Waals surface area contributed by atoms with Crippen molar-refractivity contribution in [1.82, 2.24) is 9.78 Å². The smallest absolute Gasteiger partial charge is 0.327 e. The first-order valence-electron chi connectivity index (χ1n) is 12.0. The molecule has 37 heavy (non-hydrogen) atoms. The van der Waals surface area contributed by atoms with Gasteiger partial charge in [-0.25, -0.2) is 4.79 Å². The number of amides is 2. The predicted octanol–water partition coefficient (Wildman–Crippen LogP) is 3.57. The van der Waals surface area contributed by atoms with E-state index in [0.717, 1.165) is 35.6 Å². The summed E-state index contributed by atoms with van der Waals surface area (Å²) in [6.07, 6.45) is 8.54. The van der Waals surface area contributed by atoms with Gasteiger partial charge in [0.25, 0.3) is 5.91 Å². The Labute approximate surface area is 213 Å². The molecule has 0 bridgehead atoms. The lowest BCUT2D eigenvalue weighted by molar-refractivity contribution is -0.131. The molecule has 3 N–H and O–H groups in total. The molecule has 1 spiro atoms. The molecular weight excluding hydrogens is 470 g/mol. The van der Waals surface area contributed by atoms with Crippen LogP contribution in [0.2, 0.25) is 0 Å². The van der Waals surface area contributed by atoms with Crippen molar-refractivity contribution in [2.24, 2.45) is 13.0 Å². The molecule has 3 aromatic rings. The number of carbonyl (C=O) groups is 3. The summed E-state index contributed by atoms with van der Waals surface area (Å²) in [6.45, 7) is 0. The summed E-state index contributed by atoms with van der Waals surface area (Å²) >= 11 is 0. The van der Waals surface area contributed by atoms with Crippen LogP contribution in [-0.4, -0.2) is 32.7 Å². The molecule has 2 aliphatic carbocycles. The Morgan fingerprint density at radius 1 is 1.24 bits per heavy atom. The highest BCUT2D eigenvalue weighted by Gasteiger charge is 2.61. The van der Waals surface area contributed by atoms with E-state index in [1.165, 1.54) is 6.08 Å². The second-order valence-electron chi connectivity index (χ2n) is 9.56. The van der Waals surface area contributed by atoms with Crippen molar-refractivity contribution in [2.45, 2.75) is 31.1 Å². The van der Waals surface area contributed by atoms with Crippen LogP contribution >= 0.6 is 0 Å². The third-order valence-electron chi connectivity index (χ3n) is 7.20. The third kappa shape index (κ3) is 4.74. The van der Waals surface area contributed by atoms with E-state index in [0.29, 0.717) is 35.3 Å². The summed E-state index contributed by atoms with van der Waals surface area (Å²) in [7, 11) is 1.78. The number of carbonyl (C=O) groups excluding carboxylic acids is 2. The number of nitriles is 1. The van der Waals surface area contributed by atoms with Crippen molar-refractivity contribution in [1.29, 1.82) is 5.26 Å². The molecule has 9 heteroatoms. The first kappa shape index (κ1) is 24.0. The summed E-state index contributed by atoms with van der Waals surface area (Å²) in [4.78, 5) is 37.0. The molecule has 2 atom stereocenters. The minimum atomic E-state index is -1.05. The van der Waals surface area contributed by atoms with Gasteiger partial charge >= 0.3 is 5.97 Å². The fourth-order valence-electron chi connectivity index (χ4n) is 5.25. The zero-order valence-electron chi connectivity index (χ0n) is 20.2. The molecule has 0 aliphatic heterocycles. The molecule has 5 rings (SSSR count). The number of rotatable bonds is 7. The van der Waals surface area contributed by atoms with Crippen molar-refractivity contribution in [3.63, 3.8) is 0 Å². The van der Waals surface area contributed by atoms with Crippen LogP contribution in [0.5, 0.6) is 0 Å². The molecule has 1 fully saturated rings. The van der Waals surface area contributed by atoms with Gasteiger partial charge in [-0.15, -0.1) is 0 Å². The molecule has 1 aromatic heterocycles. The number of benzene rings is 2. The maximum absolute atomic E-state index is 13.3. The fourth-order valence-corrected chi connectivity index (χ4v) is 5.25. The normalized spacial score (nSPS) is 19.4. The van der Waals surface area contributed by atoms with Gasteiger partial charge in [0.05, 0.1) is 23.5 Å². The minimum Gasteiger partial charge on any atom is -0.478 e. The van der Waals surface area contributed by atoms with Crippen molar-refractivity contribution in [2.75, 3.05) is 10.6 Å². The average Bonchev–Trinajstić information content (AvgIpc) is 3.31. The third-order valence-corrected chi connectivity index (χ3v) is 7.20. The second-order valence-corrected chi connectivity index (χ2v) is 9.56. The lowest BCUT2D eigenvalue weighted by atomic mass is 9.93. The Hall–Kier alpha value is -4.71. The molecule has 2 aliphatic rings. The van der Waals surface area contributed by atoms with E-state index >= 15 is 0 Å². The second kappa shape index (κ2) is 9.39. The van der Waals surface area contributed by atoms with E-state index in [1.807, 2.05) is 18.2 Å². The van der Waals surface area contributed by atoms with E-state index in [9.17, 15) is 19.6 Å². The highest BCUT2D eigenvalue weighted by Crippen LogP contribution is 2.62. The number of nitrogens with zero attached hydrogens (tertiary/aromatic N) is 3. The van der Waals surface area contributed by atoms with Crippen molar-refractivity contribution < 1.29 is 19.5 Å². The molecule has 2 amide bonds. The maximum Gasteiger partial charge on any atom is 0.327 e. The number of aryl methyl sites for hydroxylation is 2. The number of hydrogen-bond donors (Lipinski definition) is 3. The van der Waals surface area contributed by atoms with E-state index < -0.39 is 5.97 Å². The molecule has 2 aromatic carbocycles. The summed E-state index contributed by atoms with van der Waals surface area (Å²) in [5, 5.41) is 28.1. The van der Waals surface area contributed by atoms with Gasteiger partial charge in [0.15, 0.2) is 0 Å². The zero-order valence-corrected chi connectivity index (χ0v) is 20.2. The highest BCUT2D eigenvalue weighted by molar-refractivity contribution is 6.04. The topological polar surface area (TPSA) is 137 Å². The summed E-state index contributed by atoms with van der Waals surface area (Å²) < 4.78 is 1.61. The Bertz CT molecular complexity index is 1500. The standard InChI is InChI=1S/C28H25N5O4/c1-33-16-21(15-30-33)31-26(36)20-8-7-18-9-10-28(22(18)12-20)13-23(28)27(37)32-24-11-17(14-29)5-6-19(24)3-2-4-25(34)35/h2,4-8,11-12,15-16,23H,3,9-10,13H2,1H3,(H,31,36)(H,32,37)(H,34,35)/t23-,28-/m0/s1. The van der Waals surface area contributed by atoms with Gasteiger partial charge in [-0.2, -0.15) is 10.4 Å².